The van der Waals surface area contributed by atoms with E-state index in [0.29, 0.717) is 11.1 Å². The summed E-state index contributed by atoms with van der Waals surface area (Å²) in [6.45, 7) is 10.1. The Balaban J connectivity index is 2.23. The number of carbonyl (C=O) groups excluding carboxylic acids is 2. The van der Waals surface area contributed by atoms with Gasteiger partial charge in [-0.2, -0.15) is 0 Å². The average Bonchev–Trinajstić information content (AvgIpc) is 2.69. The standard InChI is InChI=1S/C26H32O4/c1-7-18(20-10-14-22(15-11-20)24(28)26(5,6)30)16-17(2)19-8-12-21(13-9-19)23(27)25(3,4)29/h8-17,29-30H,7H2,1-6H3/b18-16-. The Morgan fingerprint density at radius 2 is 1.17 bits per heavy atom. The summed E-state index contributed by atoms with van der Waals surface area (Å²) >= 11 is 0. The van der Waals surface area contributed by atoms with Crippen LogP contribution in [0, 0.1) is 0 Å². The van der Waals surface area contributed by atoms with E-state index in [1.54, 1.807) is 24.3 Å². The molecule has 0 spiro atoms. The van der Waals surface area contributed by atoms with E-state index >= 15 is 0 Å². The molecule has 0 saturated heterocycles. The van der Waals surface area contributed by atoms with Crippen LogP contribution in [-0.4, -0.2) is 33.0 Å². The van der Waals surface area contributed by atoms with Crippen LogP contribution in [0.25, 0.3) is 5.57 Å². The highest BCUT2D eigenvalue weighted by atomic mass is 16.3. The van der Waals surface area contributed by atoms with Crippen molar-refractivity contribution in [3.05, 3.63) is 76.9 Å². The van der Waals surface area contributed by atoms with Gasteiger partial charge in [-0.15, -0.1) is 0 Å². The molecule has 160 valence electrons. The van der Waals surface area contributed by atoms with Crippen LogP contribution < -0.4 is 0 Å². The van der Waals surface area contributed by atoms with E-state index in [2.05, 4.69) is 19.9 Å². The summed E-state index contributed by atoms with van der Waals surface area (Å²) in [5.74, 6) is -0.471. The maximum absolute atomic E-state index is 12.2. The van der Waals surface area contributed by atoms with Crippen molar-refractivity contribution < 1.29 is 19.8 Å². The molecule has 0 aliphatic carbocycles. The van der Waals surface area contributed by atoms with E-state index < -0.39 is 11.2 Å². The molecular formula is C26H32O4. The third kappa shape index (κ3) is 5.74. The Morgan fingerprint density at radius 1 is 0.800 bits per heavy atom. The fraction of sp³-hybridized carbons (Fsp3) is 0.385. The lowest BCUT2D eigenvalue weighted by molar-refractivity contribution is 0.0487. The zero-order valence-electron chi connectivity index (χ0n) is 18.7. The maximum Gasteiger partial charge on any atom is 0.193 e. The van der Waals surface area contributed by atoms with Gasteiger partial charge in [0.05, 0.1) is 0 Å². The summed E-state index contributed by atoms with van der Waals surface area (Å²) in [5, 5.41) is 19.8. The number of carbonyl (C=O) groups is 2. The molecule has 30 heavy (non-hydrogen) atoms. The van der Waals surface area contributed by atoms with Gasteiger partial charge in [-0.05, 0) is 56.7 Å². The van der Waals surface area contributed by atoms with Crippen molar-refractivity contribution in [1.82, 2.24) is 0 Å². The van der Waals surface area contributed by atoms with Gasteiger partial charge in [-0.25, -0.2) is 0 Å². The van der Waals surface area contributed by atoms with E-state index in [9.17, 15) is 19.8 Å². The molecule has 0 amide bonds. The number of ketones is 2. The fourth-order valence-corrected chi connectivity index (χ4v) is 3.30. The Labute approximate surface area is 179 Å². The average molecular weight is 409 g/mol. The lowest BCUT2D eigenvalue weighted by Crippen LogP contribution is -2.31. The van der Waals surface area contributed by atoms with E-state index in [1.807, 2.05) is 24.3 Å². The van der Waals surface area contributed by atoms with Gasteiger partial charge in [-0.3, -0.25) is 9.59 Å². The second-order valence-corrected chi connectivity index (χ2v) is 8.81. The van der Waals surface area contributed by atoms with Crippen molar-refractivity contribution in [3.63, 3.8) is 0 Å². The Bertz CT molecular complexity index is 921. The van der Waals surface area contributed by atoms with Crippen molar-refractivity contribution in [2.24, 2.45) is 0 Å². The molecule has 1 atom stereocenters. The highest BCUT2D eigenvalue weighted by Gasteiger charge is 2.26. The number of hydrogen-bond donors (Lipinski definition) is 2. The van der Waals surface area contributed by atoms with Gasteiger partial charge in [-0.1, -0.05) is 68.5 Å². The number of benzene rings is 2. The molecule has 0 bridgehead atoms. The first-order valence-corrected chi connectivity index (χ1v) is 10.3. The van der Waals surface area contributed by atoms with E-state index in [0.717, 1.165) is 23.1 Å². The molecule has 4 nitrogen and oxygen atoms in total. The highest BCUT2D eigenvalue weighted by molar-refractivity contribution is 6.02. The molecule has 0 fully saturated rings. The normalized spacial score (nSPS) is 13.8. The van der Waals surface area contributed by atoms with Crippen LogP contribution in [0.2, 0.25) is 0 Å². The predicted molar refractivity (Wildman–Crippen MR) is 121 cm³/mol. The second-order valence-electron chi connectivity index (χ2n) is 8.81. The van der Waals surface area contributed by atoms with Crippen LogP contribution in [0.5, 0.6) is 0 Å². The number of hydrogen-bond acceptors (Lipinski definition) is 4. The zero-order chi connectivity index (χ0) is 22.7. The largest absolute Gasteiger partial charge is 0.382 e. The molecule has 2 aromatic rings. The molecule has 0 heterocycles. The molecule has 2 aromatic carbocycles. The quantitative estimate of drug-likeness (QED) is 0.590. The van der Waals surface area contributed by atoms with Crippen molar-refractivity contribution >= 4 is 17.1 Å². The van der Waals surface area contributed by atoms with E-state index in [1.165, 1.54) is 27.7 Å². The maximum atomic E-state index is 12.2. The van der Waals surface area contributed by atoms with Crippen LogP contribution in [0.15, 0.2) is 54.6 Å². The minimum Gasteiger partial charge on any atom is -0.382 e. The lowest BCUT2D eigenvalue weighted by atomic mass is 9.90. The van der Waals surface area contributed by atoms with Gasteiger partial charge in [0.25, 0.3) is 0 Å². The molecule has 0 aromatic heterocycles. The summed E-state index contributed by atoms with van der Waals surface area (Å²) in [4.78, 5) is 24.4. The monoisotopic (exact) mass is 408 g/mol. The van der Waals surface area contributed by atoms with Gasteiger partial charge in [0.2, 0.25) is 0 Å². The highest BCUT2D eigenvalue weighted by Crippen LogP contribution is 2.27. The smallest absolute Gasteiger partial charge is 0.193 e. The fourth-order valence-electron chi connectivity index (χ4n) is 3.30. The predicted octanol–water partition coefficient (Wildman–Crippen LogP) is 5.19. The molecule has 1 unspecified atom stereocenters. The number of aliphatic hydroxyl groups is 2. The van der Waals surface area contributed by atoms with Crippen molar-refractivity contribution in [2.75, 3.05) is 0 Å². The summed E-state index contributed by atoms with van der Waals surface area (Å²) in [7, 11) is 0. The first-order valence-electron chi connectivity index (χ1n) is 10.3. The van der Waals surface area contributed by atoms with Crippen LogP contribution in [0.3, 0.4) is 0 Å². The lowest BCUT2D eigenvalue weighted by Gasteiger charge is -2.17. The summed E-state index contributed by atoms with van der Waals surface area (Å²) in [5.41, 5.74) is 1.46. The number of Topliss-reactive ketones (excluding diaryl/α,β-unsaturated/α-hetero) is 2. The van der Waals surface area contributed by atoms with Gasteiger partial charge in [0.1, 0.15) is 11.2 Å². The molecule has 4 heteroatoms. The van der Waals surface area contributed by atoms with Crippen molar-refractivity contribution in [3.8, 4) is 0 Å². The van der Waals surface area contributed by atoms with Gasteiger partial charge in [0.15, 0.2) is 11.6 Å². The van der Waals surface area contributed by atoms with Crippen LogP contribution in [0.1, 0.15) is 85.7 Å². The van der Waals surface area contributed by atoms with Crippen molar-refractivity contribution in [2.45, 2.75) is 65.1 Å². The van der Waals surface area contributed by atoms with Gasteiger partial charge < -0.3 is 10.2 Å². The molecule has 2 N–H and O–H groups in total. The summed E-state index contributed by atoms with van der Waals surface area (Å²) in [6, 6.07) is 14.7. The molecule has 0 saturated carbocycles. The third-order valence-electron chi connectivity index (χ3n) is 5.16. The Kier molecular flexibility index (Phi) is 7.17. The summed E-state index contributed by atoms with van der Waals surface area (Å²) < 4.78 is 0. The second kappa shape index (κ2) is 9.07. The molecule has 2 rings (SSSR count). The Hall–Kier alpha value is -2.56. The zero-order valence-corrected chi connectivity index (χ0v) is 18.7. The molecule has 0 aliphatic rings. The van der Waals surface area contributed by atoms with E-state index in [4.69, 9.17) is 0 Å². The minimum absolute atomic E-state index is 0.129. The topological polar surface area (TPSA) is 74.6 Å². The molecule has 0 radical (unpaired) electrons. The molecular weight excluding hydrogens is 376 g/mol. The van der Waals surface area contributed by atoms with Crippen LogP contribution in [0.4, 0.5) is 0 Å². The number of allylic oxidation sites excluding steroid dienone is 2. The number of rotatable bonds is 8. The summed E-state index contributed by atoms with van der Waals surface area (Å²) in [6.07, 6.45) is 3.01. The van der Waals surface area contributed by atoms with Crippen molar-refractivity contribution in [1.29, 1.82) is 0 Å². The van der Waals surface area contributed by atoms with Gasteiger partial charge in [0, 0.05) is 11.1 Å². The minimum atomic E-state index is -1.39. The molecule has 0 aliphatic heterocycles. The van der Waals surface area contributed by atoms with E-state index in [-0.39, 0.29) is 17.5 Å². The first kappa shape index (κ1) is 23.7. The van der Waals surface area contributed by atoms with Crippen LogP contribution >= 0.6 is 0 Å². The van der Waals surface area contributed by atoms with Gasteiger partial charge >= 0.3 is 0 Å². The SMILES string of the molecule is CC/C(=C/C(C)c1ccc(C(=O)C(C)(C)O)cc1)c1ccc(C(=O)C(C)(C)O)cc1. The first-order chi connectivity index (χ1) is 13.8. The third-order valence-corrected chi connectivity index (χ3v) is 5.16. The van der Waals surface area contributed by atoms with Crippen LogP contribution in [-0.2, 0) is 0 Å². The Morgan fingerprint density at radius 3 is 1.53 bits per heavy atom.